The maximum absolute atomic E-state index is 12.3. The molecular formula is C23H29BN2O4. The first-order valence-corrected chi connectivity index (χ1v) is 9.99. The van der Waals surface area contributed by atoms with Crippen molar-refractivity contribution >= 4 is 30.3 Å². The van der Waals surface area contributed by atoms with Gasteiger partial charge in [0.1, 0.15) is 11.8 Å². The first-order valence-electron chi connectivity index (χ1n) is 9.99. The van der Waals surface area contributed by atoms with E-state index in [1.807, 2.05) is 70.2 Å². The molecule has 7 heteroatoms. The van der Waals surface area contributed by atoms with Gasteiger partial charge >= 0.3 is 7.12 Å². The zero-order valence-corrected chi connectivity index (χ0v) is 18.4. The van der Waals surface area contributed by atoms with Gasteiger partial charge in [0.2, 0.25) is 0 Å². The minimum atomic E-state index is -0.530. The topological polar surface area (TPSA) is 80.6 Å². The van der Waals surface area contributed by atoms with Crippen LogP contribution in [-0.4, -0.2) is 37.4 Å². The van der Waals surface area contributed by atoms with Crippen LogP contribution in [0.4, 0.5) is 5.69 Å². The number of Topliss-reactive ketones (excluding diaryl/α,β-unsaturated/α-hetero) is 1. The minimum absolute atomic E-state index is 0.0221. The molecule has 0 spiro atoms. The fourth-order valence-electron chi connectivity index (χ4n) is 3.33. The van der Waals surface area contributed by atoms with Gasteiger partial charge in [-0.1, -0.05) is 24.3 Å². The van der Waals surface area contributed by atoms with Crippen LogP contribution in [0, 0.1) is 5.41 Å². The van der Waals surface area contributed by atoms with Crippen LogP contribution in [0.5, 0.6) is 5.75 Å². The summed E-state index contributed by atoms with van der Waals surface area (Å²) in [5, 5.41) is 11.1. The van der Waals surface area contributed by atoms with Gasteiger partial charge < -0.3 is 24.8 Å². The van der Waals surface area contributed by atoms with E-state index in [1.54, 1.807) is 14.0 Å². The van der Waals surface area contributed by atoms with Crippen molar-refractivity contribution in [3.63, 3.8) is 0 Å². The summed E-state index contributed by atoms with van der Waals surface area (Å²) < 4.78 is 17.4. The molecule has 0 amide bonds. The Morgan fingerprint density at radius 2 is 1.70 bits per heavy atom. The highest BCUT2D eigenvalue weighted by Crippen LogP contribution is 2.36. The highest BCUT2D eigenvalue weighted by Gasteiger charge is 2.51. The quantitative estimate of drug-likeness (QED) is 0.539. The summed E-state index contributed by atoms with van der Waals surface area (Å²) in [4.78, 5) is 12.3. The lowest BCUT2D eigenvalue weighted by molar-refractivity contribution is -0.117. The van der Waals surface area contributed by atoms with E-state index < -0.39 is 24.4 Å². The highest BCUT2D eigenvalue weighted by molar-refractivity contribution is 6.62. The molecular weight excluding hydrogens is 379 g/mol. The number of ketones is 1. The summed E-state index contributed by atoms with van der Waals surface area (Å²) in [5.74, 6) is 0.708. The van der Waals surface area contributed by atoms with Crippen LogP contribution in [0.1, 0.15) is 51.8 Å². The average Bonchev–Trinajstić information content (AvgIpc) is 2.93. The number of hydrogen-bond acceptors (Lipinski definition) is 6. The lowest BCUT2D eigenvalue weighted by atomic mass is 9.78. The second-order valence-corrected chi connectivity index (χ2v) is 8.54. The molecule has 1 atom stereocenters. The highest BCUT2D eigenvalue weighted by atomic mass is 16.7. The maximum Gasteiger partial charge on any atom is 0.494 e. The van der Waals surface area contributed by atoms with E-state index in [0.717, 1.165) is 16.8 Å². The van der Waals surface area contributed by atoms with Gasteiger partial charge in [-0.15, -0.1) is 0 Å². The van der Waals surface area contributed by atoms with E-state index >= 15 is 0 Å². The molecule has 30 heavy (non-hydrogen) atoms. The molecule has 6 nitrogen and oxygen atoms in total. The number of rotatable bonds is 7. The Morgan fingerprint density at radius 3 is 2.20 bits per heavy atom. The maximum atomic E-state index is 12.3. The molecule has 1 unspecified atom stereocenters. The molecule has 1 heterocycles. The monoisotopic (exact) mass is 408 g/mol. The van der Waals surface area contributed by atoms with E-state index in [4.69, 9.17) is 19.5 Å². The lowest BCUT2D eigenvalue weighted by Crippen LogP contribution is -2.41. The lowest BCUT2D eigenvalue weighted by Gasteiger charge is -2.32. The second kappa shape index (κ2) is 8.24. The van der Waals surface area contributed by atoms with E-state index in [1.165, 1.54) is 6.21 Å². The van der Waals surface area contributed by atoms with Crippen LogP contribution in [0.2, 0.25) is 0 Å². The number of ether oxygens (including phenoxy) is 1. The predicted molar refractivity (Wildman–Crippen MR) is 120 cm³/mol. The number of carbonyl (C=O) groups is 1. The number of hydrogen-bond donors (Lipinski definition) is 2. The van der Waals surface area contributed by atoms with E-state index in [9.17, 15) is 4.79 Å². The number of benzene rings is 2. The van der Waals surface area contributed by atoms with Crippen molar-refractivity contribution in [3.8, 4) is 5.75 Å². The first-order chi connectivity index (χ1) is 14.1. The Hall–Kier alpha value is -2.64. The van der Waals surface area contributed by atoms with Crippen LogP contribution in [0.15, 0.2) is 42.5 Å². The van der Waals surface area contributed by atoms with Gasteiger partial charge in [-0.05, 0) is 63.8 Å². The zero-order chi connectivity index (χ0) is 22.1. The number of nitrogens with one attached hydrogen (secondary N) is 2. The third kappa shape index (κ3) is 4.27. The van der Waals surface area contributed by atoms with Crippen LogP contribution in [0.25, 0.3) is 0 Å². The van der Waals surface area contributed by atoms with Crippen molar-refractivity contribution in [2.75, 3.05) is 12.4 Å². The molecule has 2 aromatic carbocycles. The molecule has 1 fully saturated rings. The van der Waals surface area contributed by atoms with E-state index in [0.29, 0.717) is 11.3 Å². The van der Waals surface area contributed by atoms with Crippen molar-refractivity contribution in [1.82, 2.24) is 0 Å². The van der Waals surface area contributed by atoms with Gasteiger partial charge in [-0.2, -0.15) is 0 Å². The van der Waals surface area contributed by atoms with E-state index in [-0.39, 0.29) is 5.78 Å². The summed E-state index contributed by atoms with van der Waals surface area (Å²) in [6.07, 6.45) is 1.27. The zero-order valence-electron chi connectivity index (χ0n) is 18.4. The molecule has 0 radical (unpaired) electrons. The Labute approximate surface area is 178 Å². The Morgan fingerprint density at radius 1 is 1.10 bits per heavy atom. The van der Waals surface area contributed by atoms with Crippen molar-refractivity contribution in [2.45, 2.75) is 51.9 Å². The molecule has 0 aliphatic carbocycles. The van der Waals surface area contributed by atoms with Gasteiger partial charge in [-0.25, -0.2) is 0 Å². The summed E-state index contributed by atoms with van der Waals surface area (Å²) in [6.45, 7) is 9.57. The van der Waals surface area contributed by atoms with Crippen molar-refractivity contribution in [3.05, 3.63) is 53.6 Å². The molecule has 158 valence electrons. The van der Waals surface area contributed by atoms with E-state index in [2.05, 4.69) is 5.32 Å². The summed E-state index contributed by atoms with van der Waals surface area (Å²) in [6, 6.07) is 12.5. The van der Waals surface area contributed by atoms with Gasteiger partial charge in [0, 0.05) is 17.5 Å². The minimum Gasteiger partial charge on any atom is -0.497 e. The standard InChI is InChI=1S/C23H29BN2O4/c1-15(27)21(16-7-10-19(28-6)11-8-16)26-20-12-9-18(13-17(20)14-25)24-29-22(2,3)23(4,5)30-24/h7-14,21,25-26H,1-6H3. The summed E-state index contributed by atoms with van der Waals surface area (Å²) in [5.41, 5.74) is 2.14. The number of anilines is 1. The van der Waals surface area contributed by atoms with Crippen LogP contribution < -0.4 is 15.5 Å². The molecule has 1 saturated heterocycles. The van der Waals surface area contributed by atoms with Crippen molar-refractivity contribution in [1.29, 1.82) is 5.41 Å². The van der Waals surface area contributed by atoms with Crippen LogP contribution in [0.3, 0.4) is 0 Å². The Balaban J connectivity index is 1.87. The second-order valence-electron chi connectivity index (χ2n) is 8.54. The molecule has 1 aliphatic rings. The molecule has 0 aromatic heterocycles. The molecule has 0 saturated carbocycles. The normalized spacial score (nSPS) is 18.0. The van der Waals surface area contributed by atoms with Crippen LogP contribution >= 0.6 is 0 Å². The molecule has 2 aromatic rings. The van der Waals surface area contributed by atoms with Crippen LogP contribution in [-0.2, 0) is 14.1 Å². The largest absolute Gasteiger partial charge is 0.497 e. The predicted octanol–water partition coefficient (Wildman–Crippen LogP) is 3.73. The SMILES string of the molecule is COc1ccc(C(Nc2ccc(B3OC(C)(C)C(C)(C)O3)cc2C=N)C(C)=O)cc1. The molecule has 0 bridgehead atoms. The fraction of sp³-hybridized carbons (Fsp3) is 0.391. The molecule has 3 rings (SSSR count). The summed E-state index contributed by atoms with van der Waals surface area (Å²) >= 11 is 0. The molecule has 1 aliphatic heterocycles. The van der Waals surface area contributed by atoms with Gasteiger partial charge in [0.15, 0.2) is 5.78 Å². The smallest absolute Gasteiger partial charge is 0.494 e. The van der Waals surface area contributed by atoms with Gasteiger partial charge in [0.25, 0.3) is 0 Å². The van der Waals surface area contributed by atoms with Gasteiger partial charge in [-0.3, -0.25) is 4.79 Å². The third-order valence-corrected chi connectivity index (χ3v) is 5.91. The number of carbonyl (C=O) groups excluding carboxylic acids is 1. The van der Waals surface area contributed by atoms with Crippen molar-refractivity contribution in [2.24, 2.45) is 0 Å². The summed E-state index contributed by atoms with van der Waals surface area (Å²) in [7, 11) is 1.10. The number of methoxy groups -OCH3 is 1. The Kier molecular flexibility index (Phi) is 6.06. The first kappa shape index (κ1) is 22.1. The average molecular weight is 408 g/mol. The third-order valence-electron chi connectivity index (χ3n) is 5.91. The fourth-order valence-corrected chi connectivity index (χ4v) is 3.33. The van der Waals surface area contributed by atoms with Crippen molar-refractivity contribution < 1.29 is 18.8 Å². The molecule has 2 N–H and O–H groups in total. The van der Waals surface area contributed by atoms with Gasteiger partial charge in [0.05, 0.1) is 18.3 Å². The Bertz CT molecular complexity index is 925.